The second-order valence-corrected chi connectivity index (χ2v) is 6.66. The van der Waals surface area contributed by atoms with Crippen LogP contribution < -0.4 is 15.4 Å². The summed E-state index contributed by atoms with van der Waals surface area (Å²) in [5, 5.41) is 5.73. The molecule has 0 heterocycles. The minimum Gasteiger partial charge on any atom is -0.494 e. The van der Waals surface area contributed by atoms with Crippen LogP contribution in [-0.2, 0) is 4.79 Å². The van der Waals surface area contributed by atoms with Crippen molar-refractivity contribution in [3.63, 3.8) is 0 Å². The van der Waals surface area contributed by atoms with Gasteiger partial charge in [-0.1, -0.05) is 35.9 Å². The Morgan fingerprint density at radius 1 is 1.00 bits per heavy atom. The minimum absolute atomic E-state index is 0.0599. The number of hydrogen-bond acceptors (Lipinski definition) is 3. The fourth-order valence-corrected chi connectivity index (χ4v) is 2.58. The van der Waals surface area contributed by atoms with Crippen molar-refractivity contribution in [1.29, 1.82) is 0 Å². The molecule has 1 atom stereocenters. The normalized spacial score (nSPS) is 11.5. The Kier molecular flexibility index (Phi) is 8.36. The smallest absolute Gasteiger partial charge is 0.251 e. The number of nitrogens with one attached hydrogen (secondary N) is 2. The van der Waals surface area contributed by atoms with E-state index in [9.17, 15) is 9.59 Å². The van der Waals surface area contributed by atoms with E-state index in [0.717, 1.165) is 18.6 Å². The number of ether oxygens (including phenoxy) is 1. The molecular formula is C22H28N2O3. The summed E-state index contributed by atoms with van der Waals surface area (Å²) >= 11 is 0. The maximum Gasteiger partial charge on any atom is 0.251 e. The first-order chi connectivity index (χ1) is 13.0. The summed E-state index contributed by atoms with van der Waals surface area (Å²) in [6, 6.07) is 16.7. The van der Waals surface area contributed by atoms with Crippen LogP contribution in [-0.4, -0.2) is 31.0 Å². The van der Waals surface area contributed by atoms with Gasteiger partial charge in [0.25, 0.3) is 5.91 Å². The summed E-state index contributed by atoms with van der Waals surface area (Å²) in [6.45, 7) is 5.11. The largest absolute Gasteiger partial charge is 0.494 e. The van der Waals surface area contributed by atoms with Gasteiger partial charge in [-0.2, -0.15) is 0 Å². The molecule has 0 bridgehead atoms. The first-order valence-corrected chi connectivity index (χ1v) is 9.36. The van der Waals surface area contributed by atoms with Gasteiger partial charge in [-0.3, -0.25) is 9.59 Å². The number of aryl methyl sites for hydroxylation is 1. The Morgan fingerprint density at radius 2 is 1.70 bits per heavy atom. The average molecular weight is 368 g/mol. The van der Waals surface area contributed by atoms with Crippen molar-refractivity contribution < 1.29 is 14.3 Å². The van der Waals surface area contributed by atoms with Crippen LogP contribution in [0.3, 0.4) is 0 Å². The van der Waals surface area contributed by atoms with Gasteiger partial charge in [0.05, 0.1) is 6.61 Å². The van der Waals surface area contributed by atoms with Gasteiger partial charge >= 0.3 is 0 Å². The summed E-state index contributed by atoms with van der Waals surface area (Å²) in [6.07, 6.45) is 1.98. The molecule has 2 aromatic carbocycles. The first-order valence-electron chi connectivity index (χ1n) is 9.36. The second-order valence-electron chi connectivity index (χ2n) is 6.66. The maximum atomic E-state index is 12.0. The Bertz CT molecular complexity index is 714. The van der Waals surface area contributed by atoms with E-state index in [1.807, 2.05) is 56.3 Å². The number of amides is 2. The SMILES string of the molecule is Cc1ccc(OCCCCNC(=O)CC(C)NC(=O)c2ccccc2)cc1. The molecule has 27 heavy (non-hydrogen) atoms. The molecule has 0 aliphatic heterocycles. The van der Waals surface area contributed by atoms with Crippen molar-refractivity contribution in [1.82, 2.24) is 10.6 Å². The van der Waals surface area contributed by atoms with Crippen molar-refractivity contribution in [3.8, 4) is 5.75 Å². The highest BCUT2D eigenvalue weighted by Gasteiger charge is 2.12. The van der Waals surface area contributed by atoms with Crippen molar-refractivity contribution >= 4 is 11.8 Å². The summed E-state index contributed by atoms with van der Waals surface area (Å²) in [5.74, 6) is 0.645. The van der Waals surface area contributed by atoms with Crippen LogP contribution in [0.5, 0.6) is 5.75 Å². The van der Waals surface area contributed by atoms with E-state index in [4.69, 9.17) is 4.74 Å². The molecule has 144 valence electrons. The predicted molar refractivity (Wildman–Crippen MR) is 107 cm³/mol. The fraction of sp³-hybridized carbons (Fsp3) is 0.364. The zero-order chi connectivity index (χ0) is 19.5. The van der Waals surface area contributed by atoms with Crippen molar-refractivity contribution in [2.24, 2.45) is 0 Å². The highest BCUT2D eigenvalue weighted by Crippen LogP contribution is 2.11. The number of carbonyl (C=O) groups is 2. The highest BCUT2D eigenvalue weighted by molar-refractivity contribution is 5.94. The predicted octanol–water partition coefficient (Wildman–Crippen LogP) is 3.48. The summed E-state index contributed by atoms with van der Waals surface area (Å²) in [5.41, 5.74) is 1.80. The van der Waals surface area contributed by atoms with E-state index < -0.39 is 0 Å². The van der Waals surface area contributed by atoms with Crippen LogP contribution in [0.15, 0.2) is 54.6 Å². The van der Waals surface area contributed by atoms with Crippen LogP contribution in [0.25, 0.3) is 0 Å². The van der Waals surface area contributed by atoms with E-state index >= 15 is 0 Å². The lowest BCUT2D eigenvalue weighted by molar-refractivity contribution is -0.121. The van der Waals surface area contributed by atoms with E-state index in [0.29, 0.717) is 18.7 Å². The fourth-order valence-electron chi connectivity index (χ4n) is 2.58. The van der Waals surface area contributed by atoms with Gasteiger partial charge in [0.1, 0.15) is 5.75 Å². The van der Waals surface area contributed by atoms with Gasteiger partial charge in [-0.25, -0.2) is 0 Å². The average Bonchev–Trinajstić information content (AvgIpc) is 2.66. The molecule has 2 N–H and O–H groups in total. The maximum absolute atomic E-state index is 12.0. The molecule has 0 radical (unpaired) electrons. The lowest BCUT2D eigenvalue weighted by Crippen LogP contribution is -2.37. The van der Waals surface area contributed by atoms with Gasteiger partial charge < -0.3 is 15.4 Å². The molecule has 0 saturated carbocycles. The molecule has 0 aliphatic rings. The number of carbonyl (C=O) groups excluding carboxylic acids is 2. The topological polar surface area (TPSA) is 67.4 Å². The Labute approximate surface area is 161 Å². The van der Waals surface area contributed by atoms with Crippen LogP contribution in [0, 0.1) is 6.92 Å². The van der Waals surface area contributed by atoms with Crippen LogP contribution in [0.2, 0.25) is 0 Å². The van der Waals surface area contributed by atoms with E-state index in [1.54, 1.807) is 12.1 Å². The standard InChI is InChI=1S/C22H28N2O3/c1-17-10-12-20(13-11-17)27-15-7-6-14-23-21(25)16-18(2)24-22(26)19-8-4-3-5-9-19/h3-5,8-13,18H,6-7,14-16H2,1-2H3,(H,23,25)(H,24,26). The van der Waals surface area contributed by atoms with E-state index in [2.05, 4.69) is 10.6 Å². The van der Waals surface area contributed by atoms with Gasteiger partial charge in [-0.15, -0.1) is 0 Å². The molecule has 0 fully saturated rings. The van der Waals surface area contributed by atoms with Gasteiger partial charge in [0, 0.05) is 24.6 Å². The minimum atomic E-state index is -0.220. The highest BCUT2D eigenvalue weighted by atomic mass is 16.5. The molecule has 2 amide bonds. The second kappa shape index (κ2) is 11.0. The number of benzene rings is 2. The van der Waals surface area contributed by atoms with E-state index in [-0.39, 0.29) is 24.3 Å². The lowest BCUT2D eigenvalue weighted by Gasteiger charge is -2.14. The molecular weight excluding hydrogens is 340 g/mol. The van der Waals surface area contributed by atoms with Crippen molar-refractivity contribution in [2.75, 3.05) is 13.2 Å². The third-order valence-electron chi connectivity index (χ3n) is 4.09. The molecule has 0 aromatic heterocycles. The third kappa shape index (κ3) is 7.94. The molecule has 0 saturated heterocycles. The van der Waals surface area contributed by atoms with Crippen LogP contribution in [0.4, 0.5) is 0 Å². The number of hydrogen-bond donors (Lipinski definition) is 2. The lowest BCUT2D eigenvalue weighted by atomic mass is 10.1. The first kappa shape index (κ1) is 20.5. The van der Waals surface area contributed by atoms with Crippen LogP contribution >= 0.6 is 0 Å². The molecule has 2 aromatic rings. The molecule has 5 heteroatoms. The molecule has 2 rings (SSSR count). The Balaban J connectivity index is 1.55. The van der Waals surface area contributed by atoms with Crippen LogP contribution in [0.1, 0.15) is 42.1 Å². The van der Waals surface area contributed by atoms with Gasteiger partial charge in [0.2, 0.25) is 5.91 Å². The summed E-state index contributed by atoms with van der Waals surface area (Å²) in [7, 11) is 0. The number of rotatable bonds is 10. The number of unbranched alkanes of at least 4 members (excludes halogenated alkanes) is 1. The Hall–Kier alpha value is -2.82. The molecule has 0 aliphatic carbocycles. The Morgan fingerprint density at radius 3 is 2.41 bits per heavy atom. The zero-order valence-corrected chi connectivity index (χ0v) is 16.0. The van der Waals surface area contributed by atoms with Crippen molar-refractivity contribution in [3.05, 3.63) is 65.7 Å². The quantitative estimate of drug-likeness (QED) is 0.631. The van der Waals surface area contributed by atoms with Gasteiger partial charge in [0.15, 0.2) is 0 Å². The van der Waals surface area contributed by atoms with Gasteiger partial charge in [-0.05, 0) is 51.0 Å². The summed E-state index contributed by atoms with van der Waals surface area (Å²) in [4.78, 5) is 24.0. The summed E-state index contributed by atoms with van der Waals surface area (Å²) < 4.78 is 5.66. The monoisotopic (exact) mass is 368 g/mol. The zero-order valence-electron chi connectivity index (χ0n) is 16.0. The molecule has 0 spiro atoms. The molecule has 5 nitrogen and oxygen atoms in total. The molecule has 1 unspecified atom stereocenters. The van der Waals surface area contributed by atoms with Crippen molar-refractivity contribution in [2.45, 2.75) is 39.2 Å². The third-order valence-corrected chi connectivity index (χ3v) is 4.09. The van der Waals surface area contributed by atoms with E-state index in [1.165, 1.54) is 5.56 Å².